The van der Waals surface area contributed by atoms with E-state index in [1.165, 1.54) is 0 Å². The second kappa shape index (κ2) is 5.68. The highest BCUT2D eigenvalue weighted by Gasteiger charge is 2.13. The highest BCUT2D eigenvalue weighted by molar-refractivity contribution is 9.10. The molecule has 0 saturated heterocycles. The number of aliphatic hydroxyl groups excluding tert-OH is 1. The quantitative estimate of drug-likeness (QED) is 0.549. The first-order valence-corrected chi connectivity index (χ1v) is 4.05. The molecule has 1 N–H and O–H groups in total. The molecule has 0 aromatic heterocycles. The lowest BCUT2D eigenvalue weighted by Gasteiger charge is -2.05. The Morgan fingerprint density at radius 3 is 2.80 bits per heavy atom. The first kappa shape index (κ1) is 9.91. The van der Waals surface area contributed by atoms with Gasteiger partial charge in [0.1, 0.15) is 4.83 Å². The molecule has 4 heteroatoms. The number of carbonyl (C=O) groups is 1. The molecule has 0 rings (SSSR count). The van der Waals surface area contributed by atoms with E-state index in [0.29, 0.717) is 13.0 Å². The minimum Gasteiger partial charge on any atom is -0.465 e. The second-order valence-electron chi connectivity index (χ2n) is 1.73. The van der Waals surface area contributed by atoms with Crippen molar-refractivity contribution >= 4 is 21.9 Å². The van der Waals surface area contributed by atoms with Crippen LogP contribution in [0.2, 0.25) is 0 Å². The van der Waals surface area contributed by atoms with Crippen molar-refractivity contribution in [2.75, 3.05) is 13.2 Å². The molecule has 0 aliphatic rings. The highest BCUT2D eigenvalue weighted by atomic mass is 79.9. The maximum atomic E-state index is 10.8. The molecule has 1 atom stereocenters. The van der Waals surface area contributed by atoms with Crippen LogP contribution in [-0.4, -0.2) is 29.1 Å². The Kier molecular flexibility index (Phi) is 5.63. The van der Waals surface area contributed by atoms with Crippen LogP contribution < -0.4 is 0 Å². The molecule has 0 aliphatic carbocycles. The summed E-state index contributed by atoms with van der Waals surface area (Å²) in [4.78, 5) is 10.4. The number of esters is 1. The number of alkyl halides is 1. The van der Waals surface area contributed by atoms with Crippen LogP contribution in [0.1, 0.15) is 13.3 Å². The van der Waals surface area contributed by atoms with Gasteiger partial charge in [-0.1, -0.05) is 15.9 Å². The Bertz CT molecular complexity index is 105. The summed E-state index contributed by atoms with van der Waals surface area (Å²) >= 11 is 3.07. The van der Waals surface area contributed by atoms with Crippen molar-refractivity contribution in [1.29, 1.82) is 0 Å². The summed E-state index contributed by atoms with van der Waals surface area (Å²) in [6.45, 7) is 2.12. The molecule has 1 unspecified atom stereocenters. The SMILES string of the molecule is CCOC(=O)C(Br)CCO. The number of halogens is 1. The van der Waals surface area contributed by atoms with E-state index in [2.05, 4.69) is 20.7 Å². The third-order valence-electron chi connectivity index (χ3n) is 0.925. The van der Waals surface area contributed by atoms with Crippen molar-refractivity contribution < 1.29 is 14.6 Å². The molecular weight excluding hydrogens is 200 g/mol. The van der Waals surface area contributed by atoms with Gasteiger partial charge in [0.2, 0.25) is 0 Å². The van der Waals surface area contributed by atoms with Crippen LogP contribution in [0, 0.1) is 0 Å². The van der Waals surface area contributed by atoms with Gasteiger partial charge < -0.3 is 9.84 Å². The molecular formula is C6H11BrO3. The molecule has 0 saturated carbocycles. The van der Waals surface area contributed by atoms with Crippen LogP contribution in [0.25, 0.3) is 0 Å². The van der Waals surface area contributed by atoms with Gasteiger partial charge in [-0.2, -0.15) is 0 Å². The van der Waals surface area contributed by atoms with Crippen LogP contribution in [-0.2, 0) is 9.53 Å². The standard InChI is InChI=1S/C6H11BrO3/c1-2-10-6(9)5(7)3-4-8/h5,8H,2-4H2,1H3. The van der Waals surface area contributed by atoms with Crippen LogP contribution in [0.4, 0.5) is 0 Å². The normalized spacial score (nSPS) is 12.7. The van der Waals surface area contributed by atoms with Crippen molar-refractivity contribution in [3.8, 4) is 0 Å². The molecule has 0 amide bonds. The maximum absolute atomic E-state index is 10.8. The maximum Gasteiger partial charge on any atom is 0.319 e. The van der Waals surface area contributed by atoms with Gasteiger partial charge in [-0.3, -0.25) is 4.79 Å². The summed E-state index contributed by atoms with van der Waals surface area (Å²) in [5.74, 6) is -0.309. The lowest BCUT2D eigenvalue weighted by atomic mass is 10.3. The van der Waals surface area contributed by atoms with Gasteiger partial charge in [0.15, 0.2) is 0 Å². The van der Waals surface area contributed by atoms with Crippen LogP contribution in [0.5, 0.6) is 0 Å². The van der Waals surface area contributed by atoms with Crippen LogP contribution >= 0.6 is 15.9 Å². The van der Waals surface area contributed by atoms with E-state index >= 15 is 0 Å². The molecule has 0 fully saturated rings. The number of rotatable bonds is 4. The van der Waals surface area contributed by atoms with E-state index in [4.69, 9.17) is 5.11 Å². The summed E-state index contributed by atoms with van der Waals surface area (Å²) in [5, 5.41) is 8.42. The van der Waals surface area contributed by atoms with Gasteiger partial charge in [0, 0.05) is 6.61 Å². The van der Waals surface area contributed by atoms with Crippen molar-refractivity contribution in [2.45, 2.75) is 18.2 Å². The minimum atomic E-state index is -0.363. The molecule has 0 radical (unpaired) electrons. The largest absolute Gasteiger partial charge is 0.465 e. The van der Waals surface area contributed by atoms with E-state index in [1.54, 1.807) is 6.92 Å². The first-order chi connectivity index (χ1) is 4.72. The number of hydrogen-bond acceptors (Lipinski definition) is 3. The fourth-order valence-corrected chi connectivity index (χ4v) is 0.801. The number of hydrogen-bond donors (Lipinski definition) is 1. The first-order valence-electron chi connectivity index (χ1n) is 3.14. The predicted octanol–water partition coefficient (Wildman–Crippen LogP) is 0.695. The van der Waals surface area contributed by atoms with E-state index in [-0.39, 0.29) is 17.4 Å². The second-order valence-corrected chi connectivity index (χ2v) is 2.84. The highest BCUT2D eigenvalue weighted by Crippen LogP contribution is 2.05. The van der Waals surface area contributed by atoms with E-state index in [1.807, 2.05) is 0 Å². The van der Waals surface area contributed by atoms with Crippen molar-refractivity contribution in [1.82, 2.24) is 0 Å². The van der Waals surface area contributed by atoms with E-state index in [0.717, 1.165) is 0 Å². The van der Waals surface area contributed by atoms with Crippen LogP contribution in [0.3, 0.4) is 0 Å². The van der Waals surface area contributed by atoms with Crippen molar-refractivity contribution in [2.24, 2.45) is 0 Å². The number of carbonyl (C=O) groups excluding carboxylic acids is 1. The van der Waals surface area contributed by atoms with Gasteiger partial charge in [-0.15, -0.1) is 0 Å². The summed E-state index contributed by atoms with van der Waals surface area (Å²) in [5.41, 5.74) is 0. The molecule has 0 bridgehead atoms. The molecule has 0 aromatic carbocycles. The summed E-state index contributed by atoms with van der Waals surface area (Å²) in [7, 11) is 0. The number of ether oxygens (including phenoxy) is 1. The molecule has 10 heavy (non-hydrogen) atoms. The summed E-state index contributed by atoms with van der Waals surface area (Å²) < 4.78 is 4.66. The average Bonchev–Trinajstić information content (AvgIpc) is 1.89. The van der Waals surface area contributed by atoms with Crippen molar-refractivity contribution in [3.05, 3.63) is 0 Å². The summed E-state index contributed by atoms with van der Waals surface area (Å²) in [6, 6.07) is 0. The summed E-state index contributed by atoms with van der Waals surface area (Å²) in [6.07, 6.45) is 0.402. The molecule has 0 heterocycles. The average molecular weight is 211 g/mol. The van der Waals surface area contributed by atoms with Crippen molar-refractivity contribution in [3.63, 3.8) is 0 Å². The molecule has 3 nitrogen and oxygen atoms in total. The monoisotopic (exact) mass is 210 g/mol. The Morgan fingerprint density at radius 1 is 1.80 bits per heavy atom. The Morgan fingerprint density at radius 2 is 2.40 bits per heavy atom. The van der Waals surface area contributed by atoms with Gasteiger partial charge in [0.25, 0.3) is 0 Å². The smallest absolute Gasteiger partial charge is 0.319 e. The van der Waals surface area contributed by atoms with Gasteiger partial charge in [0.05, 0.1) is 6.61 Å². The van der Waals surface area contributed by atoms with Gasteiger partial charge >= 0.3 is 5.97 Å². The Labute approximate surface area is 68.5 Å². The third kappa shape index (κ3) is 3.85. The lowest BCUT2D eigenvalue weighted by molar-refractivity contribution is -0.142. The zero-order valence-corrected chi connectivity index (χ0v) is 7.43. The fourth-order valence-electron chi connectivity index (χ4n) is 0.464. The molecule has 60 valence electrons. The van der Waals surface area contributed by atoms with Gasteiger partial charge in [-0.25, -0.2) is 0 Å². The topological polar surface area (TPSA) is 46.5 Å². The molecule has 0 aromatic rings. The Hall–Kier alpha value is -0.0900. The molecule has 0 spiro atoms. The minimum absolute atomic E-state index is 0.00523. The predicted molar refractivity (Wildman–Crippen MR) is 41.1 cm³/mol. The fraction of sp³-hybridized carbons (Fsp3) is 0.833. The van der Waals surface area contributed by atoms with Gasteiger partial charge in [-0.05, 0) is 13.3 Å². The van der Waals surface area contributed by atoms with Crippen LogP contribution in [0.15, 0.2) is 0 Å². The zero-order valence-electron chi connectivity index (χ0n) is 5.84. The zero-order chi connectivity index (χ0) is 7.98. The third-order valence-corrected chi connectivity index (χ3v) is 1.76. The lowest BCUT2D eigenvalue weighted by Crippen LogP contribution is -2.18. The number of aliphatic hydroxyl groups is 1. The van der Waals surface area contributed by atoms with E-state index < -0.39 is 0 Å². The molecule has 0 aliphatic heterocycles. The Balaban J connectivity index is 3.49. The van der Waals surface area contributed by atoms with E-state index in [9.17, 15) is 4.79 Å².